The summed E-state index contributed by atoms with van der Waals surface area (Å²) in [4.78, 5) is 16.2. The van der Waals surface area contributed by atoms with Gasteiger partial charge in [0.15, 0.2) is 5.16 Å². The van der Waals surface area contributed by atoms with Crippen LogP contribution in [-0.2, 0) is 16.6 Å². The Bertz CT molecular complexity index is 459. The van der Waals surface area contributed by atoms with Crippen molar-refractivity contribution in [2.75, 3.05) is 12.9 Å². The second kappa shape index (κ2) is 6.63. The summed E-state index contributed by atoms with van der Waals surface area (Å²) in [5.74, 6) is 0.787. The number of nitrogens with one attached hydrogen (secondary N) is 1. The Labute approximate surface area is 124 Å². The average Bonchev–Trinajstić information content (AvgIpc) is 3.14. The number of aryl methyl sites for hydroxylation is 1. The number of thioether (sulfide) groups is 1. The molecule has 5 nitrogen and oxygen atoms in total. The maximum atomic E-state index is 12.0. The van der Waals surface area contributed by atoms with Gasteiger partial charge in [0.2, 0.25) is 0 Å². The minimum absolute atomic E-state index is 0.161. The number of hydrogen-bond donors (Lipinski definition) is 1. The Morgan fingerprint density at radius 1 is 1.65 bits per heavy atom. The molecule has 0 bridgehead atoms. The lowest BCUT2D eigenvalue weighted by atomic mass is 9.96. The summed E-state index contributed by atoms with van der Waals surface area (Å²) in [6.45, 7) is 1.95. The molecule has 0 amide bonds. The summed E-state index contributed by atoms with van der Waals surface area (Å²) in [5.41, 5.74) is -0.557. The first kappa shape index (κ1) is 15.4. The highest BCUT2D eigenvalue weighted by molar-refractivity contribution is 7.99. The van der Waals surface area contributed by atoms with Gasteiger partial charge in [-0.05, 0) is 32.6 Å². The second-order valence-electron chi connectivity index (χ2n) is 5.52. The molecule has 112 valence electrons. The van der Waals surface area contributed by atoms with Crippen molar-refractivity contribution in [3.8, 4) is 0 Å². The van der Waals surface area contributed by atoms with E-state index < -0.39 is 5.54 Å². The summed E-state index contributed by atoms with van der Waals surface area (Å²) in [7, 11) is 3.44. The molecule has 1 aromatic heterocycles. The zero-order valence-corrected chi connectivity index (χ0v) is 13.2. The van der Waals surface area contributed by atoms with E-state index in [0.717, 1.165) is 36.6 Å². The van der Waals surface area contributed by atoms with Crippen LogP contribution < -0.4 is 5.32 Å². The van der Waals surface area contributed by atoms with Gasteiger partial charge in [0.25, 0.3) is 0 Å². The molecule has 0 saturated heterocycles. The number of carbonyl (C=O) groups excluding carboxylic acids is 1. The Morgan fingerprint density at radius 3 is 2.95 bits per heavy atom. The van der Waals surface area contributed by atoms with Crippen molar-refractivity contribution in [2.45, 2.75) is 49.3 Å². The molecule has 2 rings (SSSR count). The van der Waals surface area contributed by atoms with Crippen LogP contribution in [0, 0.1) is 0 Å². The molecule has 20 heavy (non-hydrogen) atoms. The Hall–Kier alpha value is -1.01. The van der Waals surface area contributed by atoms with Crippen LogP contribution in [0.25, 0.3) is 0 Å². The van der Waals surface area contributed by atoms with Crippen LogP contribution in [0.1, 0.15) is 32.6 Å². The molecule has 1 fully saturated rings. The monoisotopic (exact) mass is 297 g/mol. The van der Waals surface area contributed by atoms with Crippen LogP contribution >= 0.6 is 11.8 Å². The highest BCUT2D eigenvalue weighted by atomic mass is 32.2. The normalized spacial score (nSPS) is 17.8. The fourth-order valence-electron chi connectivity index (χ4n) is 2.22. The quantitative estimate of drug-likeness (QED) is 0.452. The highest BCUT2D eigenvalue weighted by Crippen LogP contribution is 2.26. The van der Waals surface area contributed by atoms with Crippen LogP contribution in [0.15, 0.2) is 17.6 Å². The molecular weight excluding hydrogens is 274 g/mol. The molecule has 1 N–H and O–H groups in total. The van der Waals surface area contributed by atoms with Gasteiger partial charge >= 0.3 is 5.97 Å². The van der Waals surface area contributed by atoms with Gasteiger partial charge in [-0.2, -0.15) is 0 Å². The van der Waals surface area contributed by atoms with Crippen LogP contribution in [0.4, 0.5) is 0 Å². The minimum Gasteiger partial charge on any atom is -0.468 e. The van der Waals surface area contributed by atoms with E-state index in [1.54, 1.807) is 18.0 Å². The number of carbonyl (C=O) groups is 1. The van der Waals surface area contributed by atoms with E-state index in [1.807, 2.05) is 24.7 Å². The number of imidazole rings is 1. The lowest BCUT2D eigenvalue weighted by Gasteiger charge is -2.28. The largest absolute Gasteiger partial charge is 0.468 e. The van der Waals surface area contributed by atoms with Gasteiger partial charge in [-0.1, -0.05) is 11.8 Å². The van der Waals surface area contributed by atoms with E-state index >= 15 is 0 Å². The maximum Gasteiger partial charge on any atom is 0.325 e. The third kappa shape index (κ3) is 3.99. The third-order valence-electron chi connectivity index (χ3n) is 3.57. The lowest BCUT2D eigenvalue weighted by molar-refractivity contribution is -0.148. The van der Waals surface area contributed by atoms with Gasteiger partial charge in [0.05, 0.1) is 7.11 Å². The van der Waals surface area contributed by atoms with Gasteiger partial charge in [0, 0.05) is 31.2 Å². The van der Waals surface area contributed by atoms with Crippen molar-refractivity contribution in [3.63, 3.8) is 0 Å². The Morgan fingerprint density at radius 2 is 2.40 bits per heavy atom. The van der Waals surface area contributed by atoms with Gasteiger partial charge in [-0.15, -0.1) is 0 Å². The molecule has 1 unspecified atom stereocenters. The number of hydrogen-bond acceptors (Lipinski definition) is 5. The predicted molar refractivity (Wildman–Crippen MR) is 79.7 cm³/mol. The van der Waals surface area contributed by atoms with Gasteiger partial charge < -0.3 is 9.30 Å². The number of rotatable bonds is 8. The van der Waals surface area contributed by atoms with E-state index in [-0.39, 0.29) is 5.97 Å². The fourth-order valence-corrected chi connectivity index (χ4v) is 3.09. The molecule has 6 heteroatoms. The second-order valence-corrected chi connectivity index (χ2v) is 6.58. The summed E-state index contributed by atoms with van der Waals surface area (Å²) >= 11 is 1.72. The van der Waals surface area contributed by atoms with E-state index in [1.165, 1.54) is 7.11 Å². The molecular formula is C14H23N3O2S. The summed E-state index contributed by atoms with van der Waals surface area (Å²) in [5, 5.41) is 4.43. The first-order valence-electron chi connectivity index (χ1n) is 7.01. The fraction of sp³-hybridized carbons (Fsp3) is 0.714. The molecule has 1 aromatic rings. The molecule has 0 aliphatic heterocycles. The molecule has 1 heterocycles. The highest BCUT2D eigenvalue weighted by Gasteiger charge is 2.38. The number of esters is 1. The van der Waals surface area contributed by atoms with Crippen molar-refractivity contribution < 1.29 is 9.53 Å². The zero-order valence-electron chi connectivity index (χ0n) is 12.4. The number of aromatic nitrogens is 2. The Kier molecular flexibility index (Phi) is 5.10. The average molecular weight is 297 g/mol. The third-order valence-corrected chi connectivity index (χ3v) is 4.71. The van der Waals surface area contributed by atoms with Crippen molar-refractivity contribution in [1.29, 1.82) is 0 Å². The predicted octanol–water partition coefficient (Wildman–Crippen LogP) is 1.98. The topological polar surface area (TPSA) is 56.1 Å². The summed E-state index contributed by atoms with van der Waals surface area (Å²) in [6, 6.07) is 0.487. The molecule has 1 atom stereocenters. The van der Waals surface area contributed by atoms with Gasteiger partial charge in [-0.3, -0.25) is 10.1 Å². The zero-order chi connectivity index (χ0) is 14.6. The summed E-state index contributed by atoms with van der Waals surface area (Å²) in [6.07, 6.45) is 7.80. The maximum absolute atomic E-state index is 12.0. The molecule has 0 radical (unpaired) electrons. The lowest BCUT2D eigenvalue weighted by Crippen LogP contribution is -2.51. The molecule has 1 saturated carbocycles. The van der Waals surface area contributed by atoms with E-state index in [9.17, 15) is 4.79 Å². The van der Waals surface area contributed by atoms with Gasteiger partial charge in [0.1, 0.15) is 5.54 Å². The van der Waals surface area contributed by atoms with Crippen LogP contribution in [-0.4, -0.2) is 40.0 Å². The molecule has 0 spiro atoms. The summed E-state index contributed by atoms with van der Waals surface area (Å²) < 4.78 is 6.95. The van der Waals surface area contributed by atoms with Crippen molar-refractivity contribution in [3.05, 3.63) is 12.4 Å². The van der Waals surface area contributed by atoms with E-state index in [0.29, 0.717) is 6.04 Å². The molecule has 0 aromatic carbocycles. The standard InChI is InChI=1S/C14H23N3O2S/c1-14(12(18)19-3,16-11-5-6-11)7-4-10-20-13-15-8-9-17(13)2/h8-9,11,16H,4-7,10H2,1-3H3. The van der Waals surface area contributed by atoms with Crippen molar-refractivity contribution >= 4 is 17.7 Å². The van der Waals surface area contributed by atoms with Gasteiger partial charge in [-0.25, -0.2) is 4.98 Å². The van der Waals surface area contributed by atoms with E-state index in [2.05, 4.69) is 10.3 Å². The van der Waals surface area contributed by atoms with Crippen LogP contribution in [0.2, 0.25) is 0 Å². The Balaban J connectivity index is 1.79. The van der Waals surface area contributed by atoms with Crippen LogP contribution in [0.5, 0.6) is 0 Å². The SMILES string of the molecule is COC(=O)C(C)(CCCSc1nccn1C)NC1CC1. The number of methoxy groups -OCH3 is 1. The minimum atomic E-state index is -0.557. The van der Waals surface area contributed by atoms with E-state index in [4.69, 9.17) is 4.74 Å². The number of nitrogens with zero attached hydrogens (tertiary/aromatic N) is 2. The molecule has 1 aliphatic rings. The van der Waals surface area contributed by atoms with Crippen molar-refractivity contribution in [1.82, 2.24) is 14.9 Å². The van der Waals surface area contributed by atoms with Crippen LogP contribution in [0.3, 0.4) is 0 Å². The van der Waals surface area contributed by atoms with Crippen molar-refractivity contribution in [2.24, 2.45) is 7.05 Å². The number of ether oxygens (including phenoxy) is 1. The smallest absolute Gasteiger partial charge is 0.325 e. The first-order valence-corrected chi connectivity index (χ1v) is 8.00. The molecule has 1 aliphatic carbocycles. The first-order chi connectivity index (χ1) is 9.55.